The minimum absolute atomic E-state index is 0.0348. The monoisotopic (exact) mass is 545 g/mol. The number of aryl methyl sites for hydroxylation is 1. The Morgan fingerprint density at radius 1 is 0.895 bits per heavy atom. The van der Waals surface area contributed by atoms with Crippen LogP contribution in [0, 0.1) is 17.0 Å². The molecule has 0 spiro atoms. The molecule has 0 aliphatic rings. The lowest BCUT2D eigenvalue weighted by atomic mass is 10.2. The average Bonchev–Trinajstić information content (AvgIpc) is 2.91. The van der Waals surface area contributed by atoms with Gasteiger partial charge in [0.2, 0.25) is 5.91 Å². The molecule has 0 aromatic heterocycles. The van der Waals surface area contributed by atoms with E-state index < -0.39 is 27.4 Å². The summed E-state index contributed by atoms with van der Waals surface area (Å²) in [5, 5.41) is 13.8. The predicted molar refractivity (Wildman–Crippen MR) is 140 cm³/mol. The van der Waals surface area contributed by atoms with E-state index in [0.717, 1.165) is 4.31 Å². The molecule has 0 unspecified atom stereocenters. The lowest BCUT2D eigenvalue weighted by Crippen LogP contribution is -2.38. The van der Waals surface area contributed by atoms with Gasteiger partial charge >= 0.3 is 0 Å². The van der Waals surface area contributed by atoms with Crippen molar-refractivity contribution < 1.29 is 37.1 Å². The van der Waals surface area contributed by atoms with Gasteiger partial charge in [0, 0.05) is 24.3 Å². The van der Waals surface area contributed by atoms with Crippen molar-refractivity contribution in [1.29, 1.82) is 0 Å². The minimum Gasteiger partial charge on any atom is -0.497 e. The number of nitrogens with zero attached hydrogens (tertiary/aromatic N) is 2. The molecule has 3 rings (SSSR count). The Hall–Kier alpha value is -4.52. The predicted octanol–water partition coefficient (Wildman–Crippen LogP) is 3.77. The van der Waals surface area contributed by atoms with Crippen LogP contribution in [0.5, 0.6) is 23.0 Å². The van der Waals surface area contributed by atoms with Gasteiger partial charge in [0.25, 0.3) is 15.7 Å². The average molecular weight is 546 g/mol. The summed E-state index contributed by atoms with van der Waals surface area (Å²) >= 11 is 0. The molecule has 3 aromatic carbocycles. The Kier molecular flexibility index (Phi) is 8.63. The molecule has 3 aromatic rings. The SMILES string of the molecule is COc1ccc(OC)c(N(CC(=O)Nc2cc([N+](=O)[O-])ccc2C)S(=O)(=O)c2ccc(OC)c(OC)c2)c1. The van der Waals surface area contributed by atoms with Gasteiger partial charge in [-0.1, -0.05) is 6.07 Å². The van der Waals surface area contributed by atoms with Crippen LogP contribution in [0.15, 0.2) is 59.5 Å². The maximum absolute atomic E-state index is 13.9. The van der Waals surface area contributed by atoms with Crippen LogP contribution >= 0.6 is 0 Å². The zero-order valence-electron chi connectivity index (χ0n) is 21.4. The fourth-order valence-electron chi connectivity index (χ4n) is 3.57. The molecule has 202 valence electrons. The first-order valence-corrected chi connectivity index (χ1v) is 12.5. The largest absolute Gasteiger partial charge is 0.497 e. The first-order valence-electron chi connectivity index (χ1n) is 11.1. The number of carbonyl (C=O) groups excluding carboxylic acids is 1. The molecule has 0 fully saturated rings. The molecule has 0 radical (unpaired) electrons. The van der Waals surface area contributed by atoms with E-state index in [1.54, 1.807) is 13.0 Å². The zero-order chi connectivity index (χ0) is 28.0. The molecule has 1 N–H and O–H groups in total. The molecular weight excluding hydrogens is 518 g/mol. The molecule has 0 aliphatic carbocycles. The number of benzene rings is 3. The van der Waals surface area contributed by atoms with E-state index in [4.69, 9.17) is 18.9 Å². The number of nitro benzene ring substituents is 1. The van der Waals surface area contributed by atoms with Crippen molar-refractivity contribution in [3.63, 3.8) is 0 Å². The summed E-state index contributed by atoms with van der Waals surface area (Å²) < 4.78 is 49.8. The molecule has 38 heavy (non-hydrogen) atoms. The zero-order valence-corrected chi connectivity index (χ0v) is 22.2. The quantitative estimate of drug-likeness (QED) is 0.281. The number of nitrogens with one attached hydrogen (secondary N) is 1. The fraction of sp³-hybridized carbons (Fsp3) is 0.240. The van der Waals surface area contributed by atoms with E-state index in [-0.39, 0.29) is 33.5 Å². The molecule has 0 atom stereocenters. The van der Waals surface area contributed by atoms with Crippen LogP contribution in [0.1, 0.15) is 5.56 Å². The summed E-state index contributed by atoms with van der Waals surface area (Å²) in [5.74, 6) is 0.221. The van der Waals surface area contributed by atoms with E-state index >= 15 is 0 Å². The highest BCUT2D eigenvalue weighted by atomic mass is 32.2. The Bertz CT molecular complexity index is 1460. The second kappa shape index (κ2) is 11.7. The number of hydrogen-bond donors (Lipinski definition) is 1. The third kappa shape index (κ3) is 5.89. The second-order valence-corrected chi connectivity index (χ2v) is 9.73. The normalized spacial score (nSPS) is 10.9. The highest BCUT2D eigenvalue weighted by Gasteiger charge is 2.31. The van der Waals surface area contributed by atoms with Crippen molar-refractivity contribution in [1.82, 2.24) is 0 Å². The van der Waals surface area contributed by atoms with Gasteiger partial charge in [-0.2, -0.15) is 0 Å². The van der Waals surface area contributed by atoms with Crippen LogP contribution in [0.2, 0.25) is 0 Å². The Morgan fingerprint density at radius 2 is 1.55 bits per heavy atom. The smallest absolute Gasteiger partial charge is 0.271 e. The first kappa shape index (κ1) is 28.1. The van der Waals surface area contributed by atoms with Crippen LogP contribution in [0.3, 0.4) is 0 Å². The van der Waals surface area contributed by atoms with Gasteiger partial charge in [-0.3, -0.25) is 19.2 Å². The number of amides is 1. The summed E-state index contributed by atoms with van der Waals surface area (Å²) in [7, 11) is 1.16. The number of rotatable bonds is 11. The van der Waals surface area contributed by atoms with Crippen molar-refractivity contribution in [2.24, 2.45) is 0 Å². The number of methoxy groups -OCH3 is 4. The summed E-state index contributed by atoms with van der Waals surface area (Å²) in [6, 6.07) is 12.5. The third-order valence-corrected chi connectivity index (χ3v) is 7.35. The molecule has 13 heteroatoms. The number of sulfonamides is 1. The standard InChI is InChI=1S/C25H27N3O9S/c1-16-6-7-17(28(30)31)12-20(16)26-25(29)15-27(21-13-18(34-2)8-10-22(21)35-3)38(32,33)19-9-11-23(36-4)24(14-19)37-5/h6-14H,15H2,1-5H3,(H,26,29). The van der Waals surface area contributed by atoms with Crippen molar-refractivity contribution in [3.05, 3.63) is 70.3 Å². The van der Waals surface area contributed by atoms with Crippen LogP contribution < -0.4 is 28.6 Å². The van der Waals surface area contributed by atoms with Crippen molar-refractivity contribution in [3.8, 4) is 23.0 Å². The fourth-order valence-corrected chi connectivity index (χ4v) is 5.01. The minimum atomic E-state index is -4.40. The van der Waals surface area contributed by atoms with Crippen molar-refractivity contribution >= 4 is 33.0 Å². The van der Waals surface area contributed by atoms with Gasteiger partial charge in [-0.25, -0.2) is 8.42 Å². The molecule has 0 heterocycles. The molecule has 0 bridgehead atoms. The van der Waals surface area contributed by atoms with Crippen molar-refractivity contribution in [2.45, 2.75) is 11.8 Å². The number of nitro groups is 1. The van der Waals surface area contributed by atoms with E-state index in [9.17, 15) is 23.3 Å². The molecular formula is C25H27N3O9S. The van der Waals surface area contributed by atoms with Gasteiger partial charge in [0.15, 0.2) is 11.5 Å². The lowest BCUT2D eigenvalue weighted by Gasteiger charge is -2.26. The molecule has 12 nitrogen and oxygen atoms in total. The van der Waals surface area contributed by atoms with E-state index in [2.05, 4.69) is 5.32 Å². The van der Waals surface area contributed by atoms with E-state index in [0.29, 0.717) is 17.1 Å². The van der Waals surface area contributed by atoms with Crippen LogP contribution in [0.25, 0.3) is 0 Å². The molecule has 0 saturated heterocycles. The second-order valence-electron chi connectivity index (χ2n) is 7.87. The Labute approximate surface area is 219 Å². The Balaban J connectivity index is 2.11. The van der Waals surface area contributed by atoms with Crippen LogP contribution in [-0.2, 0) is 14.8 Å². The number of ether oxygens (including phenoxy) is 4. The summed E-state index contributed by atoms with van der Waals surface area (Å²) in [5.41, 5.74) is 0.533. The molecule has 0 saturated carbocycles. The van der Waals surface area contributed by atoms with Crippen molar-refractivity contribution in [2.75, 3.05) is 44.6 Å². The number of anilines is 2. The Morgan fingerprint density at radius 3 is 2.16 bits per heavy atom. The molecule has 0 aliphatic heterocycles. The topological polar surface area (TPSA) is 147 Å². The van der Waals surface area contributed by atoms with Gasteiger partial charge < -0.3 is 24.3 Å². The highest BCUT2D eigenvalue weighted by molar-refractivity contribution is 7.92. The maximum Gasteiger partial charge on any atom is 0.271 e. The maximum atomic E-state index is 13.9. The van der Waals surface area contributed by atoms with Gasteiger partial charge in [-0.05, 0) is 36.8 Å². The summed E-state index contributed by atoms with van der Waals surface area (Å²) in [4.78, 5) is 23.6. The summed E-state index contributed by atoms with van der Waals surface area (Å²) in [6.45, 7) is 0.963. The first-order chi connectivity index (χ1) is 18.0. The van der Waals surface area contributed by atoms with Gasteiger partial charge in [0.05, 0.1) is 49.6 Å². The van der Waals surface area contributed by atoms with Crippen LogP contribution in [0.4, 0.5) is 17.1 Å². The van der Waals surface area contributed by atoms with Gasteiger partial charge in [-0.15, -0.1) is 0 Å². The van der Waals surface area contributed by atoms with E-state index in [1.165, 1.54) is 77.0 Å². The number of carbonyl (C=O) groups is 1. The molecule has 1 amide bonds. The third-order valence-electron chi connectivity index (χ3n) is 5.59. The highest BCUT2D eigenvalue weighted by Crippen LogP contribution is 2.37. The van der Waals surface area contributed by atoms with Crippen LogP contribution in [-0.4, -0.2) is 54.2 Å². The van der Waals surface area contributed by atoms with E-state index in [1.807, 2.05) is 0 Å². The summed E-state index contributed by atoms with van der Waals surface area (Å²) in [6.07, 6.45) is 0. The lowest BCUT2D eigenvalue weighted by molar-refractivity contribution is -0.384. The number of hydrogen-bond acceptors (Lipinski definition) is 9. The number of non-ortho nitro benzene ring substituents is 1. The van der Waals surface area contributed by atoms with Gasteiger partial charge in [0.1, 0.15) is 18.0 Å².